The van der Waals surface area contributed by atoms with Gasteiger partial charge < -0.3 is 5.11 Å². The van der Waals surface area contributed by atoms with E-state index in [0.717, 1.165) is 0 Å². The van der Waals surface area contributed by atoms with Crippen molar-refractivity contribution in [1.29, 1.82) is 0 Å². The molecule has 1 aromatic carbocycles. The smallest absolute Gasteiger partial charge is 0.123 e. The highest BCUT2D eigenvalue weighted by Gasteiger charge is 2.06. The molecule has 0 saturated carbocycles. The summed E-state index contributed by atoms with van der Waals surface area (Å²) in [7, 11) is 0. The predicted octanol–water partition coefficient (Wildman–Crippen LogP) is 2.53. The minimum absolute atomic E-state index is 0.384. The van der Waals surface area contributed by atoms with E-state index < -0.39 is 6.10 Å². The fourth-order valence-corrected chi connectivity index (χ4v) is 1.11. The molecule has 0 aromatic heterocycles. The van der Waals surface area contributed by atoms with Gasteiger partial charge in [-0.25, -0.2) is 4.39 Å². The monoisotopic (exact) mass is 174 g/mol. The lowest BCUT2D eigenvalue weighted by Crippen LogP contribution is -1.92. The van der Waals surface area contributed by atoms with Crippen LogP contribution in [0.15, 0.2) is 18.2 Å². The summed E-state index contributed by atoms with van der Waals surface area (Å²) in [6.45, 7) is 1.54. The van der Waals surface area contributed by atoms with Crippen molar-refractivity contribution < 1.29 is 9.50 Å². The Labute approximate surface area is 69.4 Å². The summed E-state index contributed by atoms with van der Waals surface area (Å²) in [5.41, 5.74) is 0.423. The number of benzene rings is 1. The normalized spacial score (nSPS) is 13.1. The van der Waals surface area contributed by atoms with Crippen LogP contribution in [0.3, 0.4) is 0 Å². The van der Waals surface area contributed by atoms with Crippen LogP contribution in [0.4, 0.5) is 4.39 Å². The fourth-order valence-electron chi connectivity index (χ4n) is 0.835. The molecule has 0 unspecified atom stereocenters. The number of hydrogen-bond donors (Lipinski definition) is 1. The SMILES string of the molecule is C[C@H](O)c1cc(F)ccc1Cl. The molecule has 1 aromatic rings. The molecule has 0 aliphatic heterocycles. The maximum atomic E-state index is 12.5. The van der Waals surface area contributed by atoms with Gasteiger partial charge in [0, 0.05) is 10.6 Å². The van der Waals surface area contributed by atoms with Crippen LogP contribution in [0.5, 0.6) is 0 Å². The van der Waals surface area contributed by atoms with Crippen molar-refractivity contribution in [2.45, 2.75) is 13.0 Å². The first-order chi connectivity index (χ1) is 5.11. The maximum absolute atomic E-state index is 12.5. The topological polar surface area (TPSA) is 20.2 Å². The zero-order valence-corrected chi connectivity index (χ0v) is 6.77. The third-order valence-electron chi connectivity index (χ3n) is 1.41. The summed E-state index contributed by atoms with van der Waals surface area (Å²) in [4.78, 5) is 0. The minimum Gasteiger partial charge on any atom is -0.389 e. The standard InChI is InChI=1S/C8H8ClFO/c1-5(11)7-4-6(10)2-3-8(7)9/h2-5,11H,1H3/t5-/m0/s1. The molecule has 1 nitrogen and oxygen atoms in total. The molecule has 0 saturated heterocycles. The van der Waals surface area contributed by atoms with Gasteiger partial charge in [-0.05, 0) is 25.1 Å². The van der Waals surface area contributed by atoms with Crippen molar-refractivity contribution >= 4 is 11.6 Å². The molecule has 1 atom stereocenters. The number of rotatable bonds is 1. The second kappa shape index (κ2) is 3.20. The van der Waals surface area contributed by atoms with Gasteiger partial charge in [-0.2, -0.15) is 0 Å². The van der Waals surface area contributed by atoms with Gasteiger partial charge in [0.05, 0.1) is 6.10 Å². The summed E-state index contributed by atoms with van der Waals surface area (Å²) in [5.74, 6) is -0.384. The summed E-state index contributed by atoms with van der Waals surface area (Å²) in [6.07, 6.45) is -0.724. The van der Waals surface area contributed by atoms with Crippen molar-refractivity contribution in [3.05, 3.63) is 34.6 Å². The first kappa shape index (κ1) is 8.50. The van der Waals surface area contributed by atoms with Gasteiger partial charge in [-0.15, -0.1) is 0 Å². The molecule has 3 heteroatoms. The Kier molecular flexibility index (Phi) is 2.47. The Morgan fingerprint density at radius 2 is 2.18 bits per heavy atom. The molecule has 60 valence electrons. The lowest BCUT2D eigenvalue weighted by Gasteiger charge is -2.05. The van der Waals surface area contributed by atoms with E-state index in [9.17, 15) is 4.39 Å². The van der Waals surface area contributed by atoms with E-state index in [1.165, 1.54) is 18.2 Å². The minimum atomic E-state index is -0.724. The molecule has 11 heavy (non-hydrogen) atoms. The summed E-state index contributed by atoms with van der Waals surface area (Å²) in [6, 6.07) is 3.92. The van der Waals surface area contributed by atoms with E-state index in [0.29, 0.717) is 10.6 Å². The zero-order valence-electron chi connectivity index (χ0n) is 6.01. The molecule has 0 spiro atoms. The average molecular weight is 175 g/mol. The third kappa shape index (κ3) is 1.91. The van der Waals surface area contributed by atoms with Gasteiger partial charge in [-0.1, -0.05) is 11.6 Å². The maximum Gasteiger partial charge on any atom is 0.123 e. The van der Waals surface area contributed by atoms with Gasteiger partial charge in [0.25, 0.3) is 0 Å². The number of aliphatic hydroxyl groups excluding tert-OH is 1. The van der Waals surface area contributed by atoms with E-state index >= 15 is 0 Å². The molecule has 1 N–H and O–H groups in total. The molecule has 1 rings (SSSR count). The highest BCUT2D eigenvalue weighted by molar-refractivity contribution is 6.31. The molecular weight excluding hydrogens is 167 g/mol. The first-order valence-electron chi connectivity index (χ1n) is 3.24. The highest BCUT2D eigenvalue weighted by Crippen LogP contribution is 2.22. The Hall–Kier alpha value is -0.600. The largest absolute Gasteiger partial charge is 0.389 e. The Morgan fingerprint density at radius 1 is 1.55 bits per heavy atom. The summed E-state index contributed by atoms with van der Waals surface area (Å²) in [5, 5.41) is 9.47. The van der Waals surface area contributed by atoms with Crippen LogP contribution in [0, 0.1) is 5.82 Å². The van der Waals surface area contributed by atoms with Gasteiger partial charge in [0.15, 0.2) is 0 Å². The Bertz CT molecular complexity index is 260. The third-order valence-corrected chi connectivity index (χ3v) is 1.75. The van der Waals surface area contributed by atoms with Crippen LogP contribution < -0.4 is 0 Å². The van der Waals surface area contributed by atoms with Gasteiger partial charge in [-0.3, -0.25) is 0 Å². The second-order valence-corrected chi connectivity index (χ2v) is 2.75. The van der Waals surface area contributed by atoms with Crippen LogP contribution in [0.1, 0.15) is 18.6 Å². The molecule has 0 aliphatic carbocycles. The molecular formula is C8H8ClFO. The van der Waals surface area contributed by atoms with E-state index in [-0.39, 0.29) is 5.82 Å². The molecule has 0 amide bonds. The van der Waals surface area contributed by atoms with E-state index in [1.807, 2.05) is 0 Å². The summed E-state index contributed by atoms with van der Waals surface area (Å²) < 4.78 is 12.5. The van der Waals surface area contributed by atoms with Crippen molar-refractivity contribution in [3.63, 3.8) is 0 Å². The predicted molar refractivity (Wildman–Crippen MR) is 42.0 cm³/mol. The Morgan fingerprint density at radius 3 is 2.64 bits per heavy atom. The van der Waals surface area contributed by atoms with E-state index in [2.05, 4.69) is 0 Å². The van der Waals surface area contributed by atoms with Crippen molar-refractivity contribution in [1.82, 2.24) is 0 Å². The van der Waals surface area contributed by atoms with Crippen molar-refractivity contribution in [2.75, 3.05) is 0 Å². The molecule has 0 heterocycles. The molecule has 0 bridgehead atoms. The molecule has 0 aliphatic rings. The second-order valence-electron chi connectivity index (χ2n) is 2.34. The van der Waals surface area contributed by atoms with Crippen molar-refractivity contribution in [3.8, 4) is 0 Å². The van der Waals surface area contributed by atoms with Crippen LogP contribution in [-0.2, 0) is 0 Å². The Balaban J connectivity index is 3.13. The first-order valence-corrected chi connectivity index (χ1v) is 3.62. The van der Waals surface area contributed by atoms with E-state index in [4.69, 9.17) is 16.7 Å². The zero-order chi connectivity index (χ0) is 8.43. The van der Waals surface area contributed by atoms with Crippen LogP contribution in [-0.4, -0.2) is 5.11 Å². The van der Waals surface area contributed by atoms with Crippen molar-refractivity contribution in [2.24, 2.45) is 0 Å². The van der Waals surface area contributed by atoms with Gasteiger partial charge in [0.2, 0.25) is 0 Å². The van der Waals surface area contributed by atoms with Crippen LogP contribution in [0.25, 0.3) is 0 Å². The number of aliphatic hydroxyl groups is 1. The lowest BCUT2D eigenvalue weighted by molar-refractivity contribution is 0.199. The summed E-state index contributed by atoms with van der Waals surface area (Å²) >= 11 is 5.66. The van der Waals surface area contributed by atoms with Gasteiger partial charge in [0.1, 0.15) is 5.82 Å². The van der Waals surface area contributed by atoms with Gasteiger partial charge >= 0.3 is 0 Å². The molecule has 0 radical (unpaired) electrons. The quantitative estimate of drug-likeness (QED) is 0.694. The van der Waals surface area contributed by atoms with Crippen LogP contribution >= 0.6 is 11.6 Å². The van der Waals surface area contributed by atoms with E-state index in [1.54, 1.807) is 6.92 Å². The average Bonchev–Trinajstić information content (AvgIpc) is 1.94. The fraction of sp³-hybridized carbons (Fsp3) is 0.250. The number of hydrogen-bond acceptors (Lipinski definition) is 1. The number of halogens is 2. The highest BCUT2D eigenvalue weighted by atomic mass is 35.5. The van der Waals surface area contributed by atoms with Crippen LogP contribution in [0.2, 0.25) is 5.02 Å². The lowest BCUT2D eigenvalue weighted by atomic mass is 10.1. The molecule has 0 fully saturated rings.